The Kier molecular flexibility index (Phi) is 7.26. The van der Waals surface area contributed by atoms with Gasteiger partial charge in [0.2, 0.25) is 5.91 Å². The highest BCUT2D eigenvalue weighted by atomic mass is 35.5. The smallest absolute Gasteiger partial charge is 0.309 e. The molecule has 0 spiro atoms. The molecule has 3 amide bonds. The fraction of sp³-hybridized carbons (Fsp3) is 0.312. The second-order valence-electron chi connectivity index (χ2n) is 4.98. The highest BCUT2D eigenvalue weighted by Crippen LogP contribution is 2.30. The molecule has 0 aliphatic rings. The van der Waals surface area contributed by atoms with E-state index in [4.69, 9.17) is 16.3 Å². The molecule has 1 rings (SSSR count). The predicted octanol–water partition coefficient (Wildman–Crippen LogP) is 1.40. The Bertz CT molecular complexity index is 661. The monoisotopic (exact) mass is 353 g/mol. The van der Waals surface area contributed by atoms with Crippen LogP contribution in [0.15, 0.2) is 24.8 Å². The van der Waals surface area contributed by atoms with Crippen LogP contribution in [0.5, 0.6) is 5.75 Å². The Morgan fingerprint density at radius 3 is 2.58 bits per heavy atom. The van der Waals surface area contributed by atoms with Gasteiger partial charge in [0.15, 0.2) is 0 Å². The van der Waals surface area contributed by atoms with E-state index in [0.717, 1.165) is 5.56 Å². The van der Waals surface area contributed by atoms with E-state index in [1.807, 2.05) is 0 Å². The molecule has 24 heavy (non-hydrogen) atoms. The van der Waals surface area contributed by atoms with Crippen molar-refractivity contribution >= 4 is 35.0 Å². The lowest BCUT2D eigenvalue weighted by molar-refractivity contribution is -0.140. The maximum absolute atomic E-state index is 12.2. The molecule has 0 fully saturated rings. The minimum absolute atomic E-state index is 0.161. The van der Waals surface area contributed by atoms with Crippen LogP contribution >= 0.6 is 11.6 Å². The second-order valence-corrected chi connectivity index (χ2v) is 5.39. The van der Waals surface area contributed by atoms with Crippen molar-refractivity contribution < 1.29 is 19.1 Å². The van der Waals surface area contributed by atoms with Crippen LogP contribution in [0.4, 0.5) is 5.69 Å². The summed E-state index contributed by atoms with van der Waals surface area (Å²) in [6.45, 7) is 6.83. The molecule has 1 atom stereocenters. The highest BCUT2D eigenvalue weighted by molar-refractivity contribution is 6.35. The number of methoxy groups -OCH3 is 1. The van der Waals surface area contributed by atoms with Gasteiger partial charge in [0, 0.05) is 17.6 Å². The van der Waals surface area contributed by atoms with Crippen molar-refractivity contribution in [1.29, 1.82) is 0 Å². The van der Waals surface area contributed by atoms with Crippen LogP contribution in [0.25, 0.3) is 0 Å². The quantitative estimate of drug-likeness (QED) is 0.532. The number of anilines is 1. The molecule has 0 radical (unpaired) electrons. The minimum Gasteiger partial charge on any atom is -0.495 e. The summed E-state index contributed by atoms with van der Waals surface area (Å²) in [5.41, 5.74) is 1.18. The zero-order chi connectivity index (χ0) is 18.3. The number of nitrogens with one attached hydrogen (secondary N) is 3. The maximum atomic E-state index is 12.2. The normalized spacial score (nSPS) is 11.2. The SMILES string of the molecule is C=CCNC(=O)C(=O)N[C@@H](C)C(=O)Nc1cc(C)c(Cl)cc1OC. The second kappa shape index (κ2) is 8.93. The number of halogens is 1. The summed E-state index contributed by atoms with van der Waals surface area (Å²) in [6, 6.07) is 2.32. The zero-order valence-corrected chi connectivity index (χ0v) is 14.5. The predicted molar refractivity (Wildman–Crippen MR) is 92.2 cm³/mol. The molecule has 0 heterocycles. The fourth-order valence-electron chi connectivity index (χ4n) is 1.74. The summed E-state index contributed by atoms with van der Waals surface area (Å²) in [5.74, 6) is -1.85. The molecular weight excluding hydrogens is 334 g/mol. The van der Waals surface area contributed by atoms with Crippen LogP contribution in [0, 0.1) is 6.92 Å². The Morgan fingerprint density at radius 2 is 2.00 bits per heavy atom. The van der Waals surface area contributed by atoms with Crippen molar-refractivity contribution in [2.45, 2.75) is 19.9 Å². The van der Waals surface area contributed by atoms with Gasteiger partial charge < -0.3 is 20.7 Å². The zero-order valence-electron chi connectivity index (χ0n) is 13.7. The van der Waals surface area contributed by atoms with E-state index in [1.165, 1.54) is 20.1 Å². The van der Waals surface area contributed by atoms with Gasteiger partial charge in [0.05, 0.1) is 12.8 Å². The Balaban J connectivity index is 2.74. The van der Waals surface area contributed by atoms with Gasteiger partial charge in [0.1, 0.15) is 11.8 Å². The summed E-state index contributed by atoms with van der Waals surface area (Å²) in [6.07, 6.45) is 1.44. The van der Waals surface area contributed by atoms with E-state index in [1.54, 1.807) is 19.1 Å². The molecule has 0 saturated carbocycles. The molecule has 0 aliphatic heterocycles. The molecule has 0 aromatic heterocycles. The average Bonchev–Trinajstić information content (AvgIpc) is 2.55. The summed E-state index contributed by atoms with van der Waals surface area (Å²) >= 11 is 6.01. The number of amides is 3. The molecule has 7 nitrogen and oxygen atoms in total. The molecule has 1 aromatic carbocycles. The van der Waals surface area contributed by atoms with E-state index in [-0.39, 0.29) is 6.54 Å². The number of aryl methyl sites for hydroxylation is 1. The summed E-state index contributed by atoms with van der Waals surface area (Å²) < 4.78 is 5.17. The number of hydrogen-bond donors (Lipinski definition) is 3. The third-order valence-corrected chi connectivity index (χ3v) is 3.50. The van der Waals surface area contributed by atoms with Crippen LogP contribution in [-0.4, -0.2) is 37.4 Å². The third-order valence-electron chi connectivity index (χ3n) is 3.09. The van der Waals surface area contributed by atoms with Crippen molar-refractivity contribution in [3.05, 3.63) is 35.4 Å². The first-order valence-corrected chi connectivity index (χ1v) is 7.52. The molecule has 0 unspecified atom stereocenters. The number of hydrogen-bond acceptors (Lipinski definition) is 4. The Morgan fingerprint density at radius 1 is 1.33 bits per heavy atom. The first-order chi connectivity index (χ1) is 11.3. The summed E-state index contributed by atoms with van der Waals surface area (Å²) in [7, 11) is 1.45. The molecule has 0 saturated heterocycles. The molecule has 0 bridgehead atoms. The molecule has 3 N–H and O–H groups in total. The Labute approximate surface area is 145 Å². The van der Waals surface area contributed by atoms with Gasteiger partial charge in [-0.25, -0.2) is 0 Å². The largest absolute Gasteiger partial charge is 0.495 e. The van der Waals surface area contributed by atoms with E-state index in [2.05, 4.69) is 22.5 Å². The third kappa shape index (κ3) is 5.27. The van der Waals surface area contributed by atoms with Gasteiger partial charge in [0.25, 0.3) is 0 Å². The van der Waals surface area contributed by atoms with Gasteiger partial charge in [-0.05, 0) is 25.5 Å². The fourth-order valence-corrected chi connectivity index (χ4v) is 1.90. The van der Waals surface area contributed by atoms with Gasteiger partial charge >= 0.3 is 11.8 Å². The Hall–Kier alpha value is -2.54. The lowest BCUT2D eigenvalue weighted by Gasteiger charge is -2.16. The molecule has 0 aliphatic carbocycles. The van der Waals surface area contributed by atoms with Crippen LogP contribution in [0.3, 0.4) is 0 Å². The number of carbonyl (C=O) groups excluding carboxylic acids is 3. The standard InChI is InChI=1S/C16H20ClN3O4/c1-5-6-18-15(22)16(23)19-10(3)14(21)20-12-7-9(2)11(17)8-13(12)24-4/h5,7-8,10H,1,6H2,2-4H3,(H,18,22)(H,19,23)(H,20,21)/t10-/m0/s1. The molecule has 1 aromatic rings. The average molecular weight is 354 g/mol. The maximum Gasteiger partial charge on any atom is 0.309 e. The van der Waals surface area contributed by atoms with Crippen molar-refractivity contribution in [1.82, 2.24) is 10.6 Å². The van der Waals surface area contributed by atoms with E-state index in [0.29, 0.717) is 16.5 Å². The van der Waals surface area contributed by atoms with E-state index in [9.17, 15) is 14.4 Å². The van der Waals surface area contributed by atoms with Crippen LogP contribution < -0.4 is 20.7 Å². The van der Waals surface area contributed by atoms with Crippen molar-refractivity contribution in [3.8, 4) is 5.75 Å². The van der Waals surface area contributed by atoms with Crippen molar-refractivity contribution in [2.75, 3.05) is 19.0 Å². The van der Waals surface area contributed by atoms with Crippen LogP contribution in [-0.2, 0) is 14.4 Å². The molecular formula is C16H20ClN3O4. The van der Waals surface area contributed by atoms with E-state index < -0.39 is 23.8 Å². The van der Waals surface area contributed by atoms with Gasteiger partial charge in [-0.1, -0.05) is 17.7 Å². The number of ether oxygens (including phenoxy) is 1. The van der Waals surface area contributed by atoms with Crippen molar-refractivity contribution in [3.63, 3.8) is 0 Å². The molecule has 8 heteroatoms. The molecule has 130 valence electrons. The number of rotatable bonds is 6. The number of benzene rings is 1. The van der Waals surface area contributed by atoms with Crippen LogP contribution in [0.1, 0.15) is 12.5 Å². The van der Waals surface area contributed by atoms with Gasteiger partial charge in [-0.2, -0.15) is 0 Å². The van der Waals surface area contributed by atoms with Crippen molar-refractivity contribution in [2.24, 2.45) is 0 Å². The lowest BCUT2D eigenvalue weighted by atomic mass is 10.2. The van der Waals surface area contributed by atoms with Gasteiger partial charge in [-0.3, -0.25) is 14.4 Å². The topological polar surface area (TPSA) is 96.5 Å². The summed E-state index contributed by atoms with van der Waals surface area (Å²) in [5, 5.41) is 7.77. The highest BCUT2D eigenvalue weighted by Gasteiger charge is 2.21. The van der Waals surface area contributed by atoms with E-state index >= 15 is 0 Å². The van der Waals surface area contributed by atoms with Crippen LogP contribution in [0.2, 0.25) is 5.02 Å². The minimum atomic E-state index is -0.923. The first kappa shape index (κ1) is 19.5. The summed E-state index contributed by atoms with van der Waals surface area (Å²) in [4.78, 5) is 35.3. The lowest BCUT2D eigenvalue weighted by Crippen LogP contribution is -2.48. The first-order valence-electron chi connectivity index (χ1n) is 7.14. The number of carbonyl (C=O) groups is 3. The van der Waals surface area contributed by atoms with Gasteiger partial charge in [-0.15, -0.1) is 6.58 Å².